The van der Waals surface area contributed by atoms with Crippen molar-refractivity contribution < 1.29 is 19.1 Å². The summed E-state index contributed by atoms with van der Waals surface area (Å²) in [6, 6.07) is 15.5. The highest BCUT2D eigenvalue weighted by atomic mass is 32.1. The molecule has 2 aromatic heterocycles. The van der Waals surface area contributed by atoms with Gasteiger partial charge in [0.25, 0.3) is 0 Å². The molecule has 10 nitrogen and oxygen atoms in total. The number of ether oxygens (including phenoxy) is 2. The molecule has 274 valence electrons. The molecule has 2 fully saturated rings. The Balaban J connectivity index is 0.000000198. The first-order valence-corrected chi connectivity index (χ1v) is 19.7. The fraction of sp³-hybridized carbons (Fsp3) is 0.487. The largest absolute Gasteiger partial charge is 0.449 e. The maximum atomic E-state index is 12.2. The molecule has 12 heteroatoms. The third-order valence-corrected chi connectivity index (χ3v) is 10.8. The number of carbonyl (C=O) groups is 2. The van der Waals surface area contributed by atoms with E-state index < -0.39 is 12.2 Å². The Bertz CT molecular complexity index is 1700. The highest BCUT2D eigenvalue weighted by Crippen LogP contribution is 2.34. The highest BCUT2D eigenvalue weighted by Gasteiger charge is 2.21. The number of hydrogen-bond acceptors (Lipinski definition) is 10. The number of hydrogen-bond donors (Lipinski definition) is 4. The summed E-state index contributed by atoms with van der Waals surface area (Å²) < 4.78 is 10.9. The van der Waals surface area contributed by atoms with Crippen molar-refractivity contribution in [3.63, 3.8) is 0 Å². The summed E-state index contributed by atoms with van der Waals surface area (Å²) in [6.45, 7) is 15.6. The van der Waals surface area contributed by atoms with Crippen LogP contribution in [0.1, 0.15) is 77.6 Å². The Hall–Kier alpha value is -3.84. The van der Waals surface area contributed by atoms with Crippen LogP contribution in [0.4, 0.5) is 21.0 Å². The molecule has 0 aliphatic carbocycles. The average molecular weight is 733 g/mol. The molecule has 0 atom stereocenters. The molecule has 4 aromatic rings. The number of piperidine rings is 2. The Kier molecular flexibility index (Phi) is 14.0. The fourth-order valence-electron chi connectivity index (χ4n) is 5.75. The van der Waals surface area contributed by atoms with E-state index in [1.807, 2.05) is 48.5 Å². The van der Waals surface area contributed by atoms with Gasteiger partial charge in [0, 0.05) is 27.3 Å². The van der Waals surface area contributed by atoms with Crippen molar-refractivity contribution in [2.45, 2.75) is 71.6 Å². The molecule has 4 N–H and O–H groups in total. The number of carbonyl (C=O) groups excluding carboxylic acids is 2. The Morgan fingerprint density at radius 3 is 1.63 bits per heavy atom. The zero-order valence-electron chi connectivity index (χ0n) is 30.4. The molecule has 4 heterocycles. The van der Waals surface area contributed by atoms with Crippen molar-refractivity contribution in [2.24, 2.45) is 11.8 Å². The average Bonchev–Trinajstić information content (AvgIpc) is 3.84. The highest BCUT2D eigenvalue weighted by molar-refractivity contribution is 7.13. The molecule has 0 radical (unpaired) electrons. The van der Waals surface area contributed by atoms with E-state index in [9.17, 15) is 9.59 Å². The molecular formula is C39H52N6O4S2. The standard InChI is InChI=1S/C20H27N3O2S.C19H25N3O2S/c1-20(2,3)17-13-26-18(23-17)15-6-4-5-7-16(15)22-19(24)25-12-14-8-10-21-11-9-14;1-13(2)17-12-25-18(21-17)15-5-3-4-6-16(15)22-19(23)24-11-14-7-9-20-10-8-14/h4-7,13-14,21H,8-12H2,1-3H3,(H,22,24);3-6,12-14,20H,7-11H2,1-2H3,(H,22,23). The second-order valence-electron chi connectivity index (χ2n) is 14.4. The van der Waals surface area contributed by atoms with Gasteiger partial charge in [-0.3, -0.25) is 10.6 Å². The van der Waals surface area contributed by atoms with Crippen LogP contribution < -0.4 is 21.3 Å². The predicted octanol–water partition coefficient (Wildman–Crippen LogP) is 9.14. The van der Waals surface area contributed by atoms with Gasteiger partial charge in [0.2, 0.25) is 0 Å². The van der Waals surface area contributed by atoms with Gasteiger partial charge in [-0.25, -0.2) is 19.6 Å². The topological polar surface area (TPSA) is 126 Å². The first-order chi connectivity index (χ1) is 24.6. The number of rotatable bonds is 9. The first kappa shape index (κ1) is 38.4. The third kappa shape index (κ3) is 11.6. The lowest BCUT2D eigenvalue weighted by molar-refractivity contribution is 0.130. The van der Waals surface area contributed by atoms with Crippen molar-refractivity contribution in [3.05, 3.63) is 70.7 Å². The second kappa shape index (κ2) is 18.6. The van der Waals surface area contributed by atoms with Gasteiger partial charge in [0.1, 0.15) is 10.0 Å². The molecule has 2 aliphatic heterocycles. The van der Waals surface area contributed by atoms with E-state index in [0.717, 1.165) is 95.8 Å². The van der Waals surface area contributed by atoms with Crippen LogP contribution in [0, 0.1) is 11.8 Å². The maximum absolute atomic E-state index is 12.2. The lowest BCUT2D eigenvalue weighted by Gasteiger charge is -2.22. The lowest BCUT2D eigenvalue weighted by atomic mass is 9.93. The molecule has 0 bridgehead atoms. The molecule has 2 saturated heterocycles. The number of thiazole rings is 2. The molecule has 0 saturated carbocycles. The van der Waals surface area contributed by atoms with Crippen LogP contribution in [0.15, 0.2) is 59.3 Å². The fourth-order valence-corrected chi connectivity index (χ4v) is 7.86. The van der Waals surface area contributed by atoms with Crippen molar-refractivity contribution in [1.82, 2.24) is 20.6 Å². The minimum Gasteiger partial charge on any atom is -0.449 e. The Labute approximate surface area is 310 Å². The number of benzene rings is 2. The van der Waals surface area contributed by atoms with E-state index in [2.05, 4.69) is 71.6 Å². The van der Waals surface area contributed by atoms with Gasteiger partial charge in [-0.15, -0.1) is 22.7 Å². The molecular weight excluding hydrogens is 681 g/mol. The van der Waals surface area contributed by atoms with Gasteiger partial charge in [0.15, 0.2) is 0 Å². The summed E-state index contributed by atoms with van der Waals surface area (Å²) in [6.07, 6.45) is 3.43. The molecule has 0 unspecified atom stereocenters. The summed E-state index contributed by atoms with van der Waals surface area (Å²) in [5, 5.41) is 18.4. The quantitative estimate of drug-likeness (QED) is 0.134. The van der Waals surface area contributed by atoms with Gasteiger partial charge in [-0.2, -0.15) is 0 Å². The number of amides is 2. The second-order valence-corrected chi connectivity index (χ2v) is 16.2. The Morgan fingerprint density at radius 2 is 1.20 bits per heavy atom. The summed E-state index contributed by atoms with van der Waals surface area (Å²) in [5.74, 6) is 1.29. The number of nitrogens with one attached hydrogen (secondary N) is 4. The van der Waals surface area contributed by atoms with Crippen LogP contribution in [-0.4, -0.2) is 61.5 Å². The predicted molar refractivity (Wildman–Crippen MR) is 209 cm³/mol. The SMILES string of the molecule is CC(C)(C)c1csc(-c2ccccc2NC(=O)OCC2CCNCC2)n1.CC(C)c1csc(-c2ccccc2NC(=O)OCC2CCNCC2)n1. The van der Waals surface area contributed by atoms with Crippen LogP contribution in [0.3, 0.4) is 0 Å². The zero-order chi connectivity index (χ0) is 36.2. The number of anilines is 2. The van der Waals surface area contributed by atoms with E-state index in [-0.39, 0.29) is 5.41 Å². The molecule has 6 rings (SSSR count). The van der Waals surface area contributed by atoms with E-state index in [1.54, 1.807) is 22.7 Å². The van der Waals surface area contributed by atoms with E-state index in [1.165, 1.54) is 0 Å². The summed E-state index contributed by atoms with van der Waals surface area (Å²) >= 11 is 3.19. The molecule has 2 aliphatic rings. The van der Waals surface area contributed by atoms with Crippen LogP contribution in [0.2, 0.25) is 0 Å². The van der Waals surface area contributed by atoms with Gasteiger partial charge >= 0.3 is 12.2 Å². The van der Waals surface area contributed by atoms with Crippen molar-refractivity contribution in [3.8, 4) is 21.1 Å². The van der Waals surface area contributed by atoms with Gasteiger partial charge in [-0.05, 0) is 93.9 Å². The number of aromatic nitrogens is 2. The Morgan fingerprint density at radius 1 is 0.745 bits per heavy atom. The minimum absolute atomic E-state index is 0.00487. The van der Waals surface area contributed by atoms with E-state index in [4.69, 9.17) is 14.5 Å². The van der Waals surface area contributed by atoms with Crippen LogP contribution in [0.5, 0.6) is 0 Å². The maximum Gasteiger partial charge on any atom is 0.411 e. The molecule has 2 aromatic carbocycles. The summed E-state index contributed by atoms with van der Waals surface area (Å²) in [4.78, 5) is 33.9. The third-order valence-electron chi connectivity index (χ3n) is 8.99. The van der Waals surface area contributed by atoms with Crippen LogP contribution >= 0.6 is 22.7 Å². The number of nitrogens with zero attached hydrogens (tertiary/aromatic N) is 2. The van der Waals surface area contributed by atoms with Crippen molar-refractivity contribution in [2.75, 3.05) is 50.0 Å². The van der Waals surface area contributed by atoms with Gasteiger partial charge < -0.3 is 20.1 Å². The molecule has 2 amide bonds. The number of para-hydroxylation sites is 2. The van der Waals surface area contributed by atoms with Crippen LogP contribution in [0.25, 0.3) is 21.1 Å². The molecule has 51 heavy (non-hydrogen) atoms. The van der Waals surface area contributed by atoms with Crippen molar-refractivity contribution in [1.29, 1.82) is 0 Å². The van der Waals surface area contributed by atoms with Crippen molar-refractivity contribution >= 4 is 46.2 Å². The van der Waals surface area contributed by atoms with E-state index in [0.29, 0.717) is 31.0 Å². The van der Waals surface area contributed by atoms with Crippen LogP contribution in [-0.2, 0) is 14.9 Å². The zero-order valence-corrected chi connectivity index (χ0v) is 32.1. The van der Waals surface area contributed by atoms with Gasteiger partial charge in [0.05, 0.1) is 36.0 Å². The first-order valence-electron chi connectivity index (χ1n) is 18.0. The smallest absolute Gasteiger partial charge is 0.411 e. The normalized spacial score (nSPS) is 15.5. The summed E-state index contributed by atoms with van der Waals surface area (Å²) in [7, 11) is 0. The summed E-state index contributed by atoms with van der Waals surface area (Å²) in [5.41, 5.74) is 5.46. The minimum atomic E-state index is -0.399. The lowest BCUT2D eigenvalue weighted by Crippen LogP contribution is -2.31. The monoisotopic (exact) mass is 732 g/mol. The van der Waals surface area contributed by atoms with Gasteiger partial charge in [-0.1, -0.05) is 58.9 Å². The molecule has 0 spiro atoms. The van der Waals surface area contributed by atoms with E-state index >= 15 is 0 Å².